The largest absolute Gasteiger partial charge is 0.326 e. The lowest BCUT2D eigenvalue weighted by atomic mass is 10.3. The number of likely N-dealkylation sites (tertiary alicyclic amines) is 1. The van der Waals surface area contributed by atoms with Crippen LogP contribution < -0.4 is 5.73 Å². The third-order valence-electron chi connectivity index (χ3n) is 2.63. The maximum Gasteiger partial charge on any atom is 0.319 e. The van der Waals surface area contributed by atoms with Crippen LogP contribution in [0.4, 0.5) is 8.78 Å². The summed E-state index contributed by atoms with van der Waals surface area (Å²) in [7, 11) is 0. The van der Waals surface area contributed by atoms with E-state index in [9.17, 15) is 8.78 Å². The fourth-order valence-corrected chi connectivity index (χ4v) is 1.85. The van der Waals surface area contributed by atoms with Gasteiger partial charge < -0.3 is 5.73 Å². The zero-order valence-corrected chi connectivity index (χ0v) is 10.8. The van der Waals surface area contributed by atoms with Crippen LogP contribution in [-0.4, -0.2) is 33.6 Å². The third-order valence-corrected chi connectivity index (χ3v) is 2.63. The average molecular weight is 289 g/mol. The summed E-state index contributed by atoms with van der Waals surface area (Å²) in [5.74, 6) is 0.402. The van der Waals surface area contributed by atoms with Crippen molar-refractivity contribution < 1.29 is 8.78 Å². The van der Waals surface area contributed by atoms with Gasteiger partial charge in [-0.3, -0.25) is 9.47 Å². The molecule has 100 valence electrons. The van der Waals surface area contributed by atoms with Gasteiger partial charge in [-0.15, -0.1) is 24.8 Å². The number of hydrogen-bond acceptors (Lipinski definition) is 3. The summed E-state index contributed by atoms with van der Waals surface area (Å²) >= 11 is 0. The van der Waals surface area contributed by atoms with Gasteiger partial charge in [-0.1, -0.05) is 0 Å². The second-order valence-electron chi connectivity index (χ2n) is 3.81. The van der Waals surface area contributed by atoms with Gasteiger partial charge in [0.2, 0.25) is 0 Å². The lowest BCUT2D eigenvalue weighted by Gasteiger charge is -2.15. The van der Waals surface area contributed by atoms with E-state index in [0.29, 0.717) is 12.4 Å². The summed E-state index contributed by atoms with van der Waals surface area (Å²) in [4.78, 5) is 5.97. The van der Waals surface area contributed by atoms with Crippen molar-refractivity contribution in [1.29, 1.82) is 0 Å². The Morgan fingerprint density at radius 3 is 2.71 bits per heavy atom. The van der Waals surface area contributed by atoms with E-state index in [1.807, 2.05) is 4.90 Å². The maximum atomic E-state index is 12.5. The highest BCUT2D eigenvalue weighted by molar-refractivity contribution is 5.85. The number of alkyl halides is 2. The second-order valence-corrected chi connectivity index (χ2v) is 3.81. The van der Waals surface area contributed by atoms with Crippen molar-refractivity contribution >= 4 is 24.8 Å². The summed E-state index contributed by atoms with van der Waals surface area (Å²) < 4.78 is 25.9. The van der Waals surface area contributed by atoms with E-state index >= 15 is 0 Å². The summed E-state index contributed by atoms with van der Waals surface area (Å²) in [6, 6.07) is 0.167. The Kier molecular flexibility index (Phi) is 6.92. The molecular weight excluding hydrogens is 273 g/mol. The van der Waals surface area contributed by atoms with Crippen LogP contribution in [0.3, 0.4) is 0 Å². The molecule has 2 heterocycles. The van der Waals surface area contributed by atoms with E-state index in [0.717, 1.165) is 24.1 Å². The Hall–Kier alpha value is -0.430. The molecule has 1 aromatic rings. The maximum absolute atomic E-state index is 12.5. The standard InChI is InChI=1S/C9H14F2N4.2ClH/c10-9(11)15-4-2-13-8(15)6-14-3-1-7(12)5-14;;/h2,4,7,9H,1,3,5-6,12H2;2*1H. The third kappa shape index (κ3) is 4.06. The van der Waals surface area contributed by atoms with Gasteiger partial charge in [0.05, 0.1) is 6.54 Å². The van der Waals surface area contributed by atoms with Gasteiger partial charge in [-0.05, 0) is 6.42 Å². The van der Waals surface area contributed by atoms with Gasteiger partial charge in [0.1, 0.15) is 5.82 Å². The van der Waals surface area contributed by atoms with Gasteiger partial charge in [0.25, 0.3) is 0 Å². The number of imidazole rings is 1. The molecule has 2 rings (SSSR count). The molecule has 1 saturated heterocycles. The molecule has 0 spiro atoms. The van der Waals surface area contributed by atoms with E-state index in [4.69, 9.17) is 5.73 Å². The molecule has 4 nitrogen and oxygen atoms in total. The molecule has 1 fully saturated rings. The first-order chi connectivity index (χ1) is 7.16. The minimum absolute atomic E-state index is 0. The molecule has 1 aliphatic rings. The average Bonchev–Trinajstić information content (AvgIpc) is 2.75. The predicted octanol–water partition coefficient (Wildman–Crippen LogP) is 1.65. The van der Waals surface area contributed by atoms with Crippen LogP contribution >= 0.6 is 24.8 Å². The molecule has 1 atom stereocenters. The predicted molar refractivity (Wildman–Crippen MR) is 65.8 cm³/mol. The zero-order valence-electron chi connectivity index (χ0n) is 9.13. The number of nitrogens with two attached hydrogens (primary N) is 1. The topological polar surface area (TPSA) is 47.1 Å². The van der Waals surface area contributed by atoms with E-state index < -0.39 is 6.55 Å². The molecule has 0 amide bonds. The summed E-state index contributed by atoms with van der Waals surface area (Å²) in [6.07, 6.45) is 3.63. The number of nitrogens with zero attached hydrogens (tertiary/aromatic N) is 3. The molecule has 0 bridgehead atoms. The summed E-state index contributed by atoms with van der Waals surface area (Å²) in [5, 5.41) is 0. The molecule has 0 radical (unpaired) electrons. The number of halogens is 4. The van der Waals surface area contributed by atoms with Crippen molar-refractivity contribution in [1.82, 2.24) is 14.5 Å². The monoisotopic (exact) mass is 288 g/mol. The van der Waals surface area contributed by atoms with Crippen molar-refractivity contribution in [3.63, 3.8) is 0 Å². The summed E-state index contributed by atoms with van der Waals surface area (Å²) in [5.41, 5.74) is 5.73. The van der Waals surface area contributed by atoms with Crippen LogP contribution in [-0.2, 0) is 6.54 Å². The van der Waals surface area contributed by atoms with Crippen LogP contribution in [0.2, 0.25) is 0 Å². The van der Waals surface area contributed by atoms with Gasteiger partial charge in [0.15, 0.2) is 0 Å². The molecule has 8 heteroatoms. The fourth-order valence-electron chi connectivity index (χ4n) is 1.85. The smallest absolute Gasteiger partial charge is 0.319 e. The van der Waals surface area contributed by atoms with E-state index in [2.05, 4.69) is 4.98 Å². The first-order valence-electron chi connectivity index (χ1n) is 4.94. The molecule has 0 aromatic carbocycles. The van der Waals surface area contributed by atoms with Crippen molar-refractivity contribution in [3.05, 3.63) is 18.2 Å². The van der Waals surface area contributed by atoms with Gasteiger partial charge in [0, 0.05) is 31.5 Å². The highest BCUT2D eigenvalue weighted by atomic mass is 35.5. The molecule has 0 aliphatic carbocycles. The molecule has 17 heavy (non-hydrogen) atoms. The van der Waals surface area contributed by atoms with Crippen LogP contribution in [0.15, 0.2) is 12.4 Å². The minimum atomic E-state index is -2.52. The lowest BCUT2D eigenvalue weighted by Crippen LogP contribution is -2.27. The number of aromatic nitrogens is 2. The first kappa shape index (κ1) is 16.6. The molecule has 1 aromatic heterocycles. The van der Waals surface area contributed by atoms with E-state index in [1.54, 1.807) is 0 Å². The molecule has 0 saturated carbocycles. The Morgan fingerprint density at radius 2 is 2.18 bits per heavy atom. The summed E-state index contributed by atoms with van der Waals surface area (Å²) in [6.45, 7) is -0.447. The zero-order chi connectivity index (χ0) is 10.8. The Balaban J connectivity index is 0.00000128. The number of rotatable bonds is 3. The second kappa shape index (κ2) is 7.10. The van der Waals surface area contributed by atoms with Gasteiger partial charge in [-0.2, -0.15) is 8.78 Å². The lowest BCUT2D eigenvalue weighted by molar-refractivity contribution is 0.0645. The van der Waals surface area contributed by atoms with E-state index in [-0.39, 0.29) is 30.9 Å². The molecule has 2 N–H and O–H groups in total. The highest BCUT2D eigenvalue weighted by Crippen LogP contribution is 2.16. The van der Waals surface area contributed by atoms with Crippen molar-refractivity contribution in [2.75, 3.05) is 13.1 Å². The van der Waals surface area contributed by atoms with Crippen LogP contribution in [0.5, 0.6) is 0 Å². The minimum Gasteiger partial charge on any atom is -0.326 e. The van der Waals surface area contributed by atoms with E-state index in [1.165, 1.54) is 12.4 Å². The van der Waals surface area contributed by atoms with Crippen LogP contribution in [0.1, 0.15) is 18.8 Å². The SMILES string of the molecule is Cl.Cl.NC1CCN(Cc2nccn2C(F)F)C1. The van der Waals surface area contributed by atoms with Crippen molar-refractivity contribution in [3.8, 4) is 0 Å². The Labute approximate surface area is 111 Å². The van der Waals surface area contributed by atoms with Crippen LogP contribution in [0.25, 0.3) is 0 Å². The highest BCUT2D eigenvalue weighted by Gasteiger charge is 2.21. The van der Waals surface area contributed by atoms with Crippen molar-refractivity contribution in [2.45, 2.75) is 25.6 Å². The Bertz CT molecular complexity index is 335. The molecule has 1 unspecified atom stereocenters. The molecule has 1 aliphatic heterocycles. The van der Waals surface area contributed by atoms with Crippen LogP contribution in [0, 0.1) is 0 Å². The van der Waals surface area contributed by atoms with Crippen molar-refractivity contribution in [2.24, 2.45) is 5.73 Å². The molecular formula is C9H16Cl2F2N4. The number of hydrogen-bond donors (Lipinski definition) is 1. The normalized spacial score (nSPS) is 20.1. The van der Waals surface area contributed by atoms with Gasteiger partial charge in [-0.25, -0.2) is 4.98 Å². The Morgan fingerprint density at radius 1 is 1.47 bits per heavy atom. The fraction of sp³-hybridized carbons (Fsp3) is 0.667. The first-order valence-corrected chi connectivity index (χ1v) is 4.94. The van der Waals surface area contributed by atoms with Gasteiger partial charge >= 0.3 is 6.55 Å². The quantitative estimate of drug-likeness (QED) is 0.920.